The maximum absolute atomic E-state index is 13.8. The summed E-state index contributed by atoms with van der Waals surface area (Å²) in [7, 11) is 0. The molecule has 1 aliphatic rings. The first-order valence-electron chi connectivity index (χ1n) is 8.73. The normalized spacial score (nSPS) is 14.6. The number of aromatic nitrogens is 2. The average molecular weight is 429 g/mol. The molecule has 1 fully saturated rings. The Kier molecular flexibility index (Phi) is 4.78. The maximum atomic E-state index is 13.8. The van der Waals surface area contributed by atoms with E-state index >= 15 is 0 Å². The summed E-state index contributed by atoms with van der Waals surface area (Å²) in [4.78, 5) is 25.5. The molecule has 0 atom stereocenters. The number of carbonyl (C=O) groups excluding carboxylic acids is 1. The zero-order valence-corrected chi connectivity index (χ0v) is 16.4. The highest BCUT2D eigenvalue weighted by Crippen LogP contribution is 2.26. The summed E-state index contributed by atoms with van der Waals surface area (Å²) in [6.07, 6.45) is 3.54. The van der Waals surface area contributed by atoms with Crippen LogP contribution in [0, 0.1) is 12.7 Å². The molecule has 1 aliphatic heterocycles. The van der Waals surface area contributed by atoms with Crippen LogP contribution >= 0.6 is 15.9 Å². The number of rotatable bonds is 2. The van der Waals surface area contributed by atoms with E-state index in [0.717, 1.165) is 21.2 Å². The molecule has 7 heteroatoms. The third kappa shape index (κ3) is 3.51. The van der Waals surface area contributed by atoms with Crippen molar-refractivity contribution in [2.24, 2.45) is 0 Å². The first-order valence-corrected chi connectivity index (χ1v) is 9.53. The zero-order chi connectivity index (χ0) is 19.0. The second kappa shape index (κ2) is 7.23. The Hall–Kier alpha value is -2.54. The molecule has 4 rings (SSSR count). The van der Waals surface area contributed by atoms with Gasteiger partial charge in [0.25, 0.3) is 5.91 Å². The molecule has 0 aliphatic carbocycles. The molecule has 27 heavy (non-hydrogen) atoms. The molecule has 2 aromatic heterocycles. The number of amides is 1. The summed E-state index contributed by atoms with van der Waals surface area (Å²) in [5.41, 5.74) is 3.63. The summed E-state index contributed by atoms with van der Waals surface area (Å²) < 4.78 is 14.7. The summed E-state index contributed by atoms with van der Waals surface area (Å²) in [5, 5.41) is 0. The van der Waals surface area contributed by atoms with Crippen LogP contribution in [-0.2, 0) is 0 Å². The number of hydrogen-bond donors (Lipinski definition) is 0. The number of nitrogens with zero attached hydrogens (tertiary/aromatic N) is 4. The monoisotopic (exact) mass is 428 g/mol. The highest BCUT2D eigenvalue weighted by molar-refractivity contribution is 9.10. The van der Waals surface area contributed by atoms with Crippen LogP contribution in [0.15, 0.2) is 47.2 Å². The van der Waals surface area contributed by atoms with Crippen LogP contribution in [0.4, 0.5) is 10.1 Å². The van der Waals surface area contributed by atoms with Gasteiger partial charge in [-0.15, -0.1) is 0 Å². The van der Waals surface area contributed by atoms with Gasteiger partial charge in [0.2, 0.25) is 0 Å². The second-order valence-electron chi connectivity index (χ2n) is 6.59. The molecule has 1 saturated heterocycles. The fourth-order valence-electron chi connectivity index (χ4n) is 3.31. The Labute approximate surface area is 165 Å². The molecule has 1 aromatic carbocycles. The highest BCUT2D eigenvalue weighted by atomic mass is 79.9. The van der Waals surface area contributed by atoms with Crippen molar-refractivity contribution in [3.63, 3.8) is 0 Å². The van der Waals surface area contributed by atoms with E-state index < -0.39 is 0 Å². The van der Waals surface area contributed by atoms with Gasteiger partial charge in [0.05, 0.1) is 11.2 Å². The van der Waals surface area contributed by atoms with Crippen molar-refractivity contribution >= 4 is 38.6 Å². The van der Waals surface area contributed by atoms with Crippen molar-refractivity contribution in [2.75, 3.05) is 31.1 Å². The smallest absolute Gasteiger partial charge is 0.254 e. The summed E-state index contributed by atoms with van der Waals surface area (Å²) in [6.45, 7) is 4.23. The molecule has 0 saturated carbocycles. The molecule has 0 radical (unpaired) electrons. The van der Waals surface area contributed by atoms with Gasteiger partial charge in [-0.05, 0) is 52.7 Å². The van der Waals surface area contributed by atoms with E-state index in [4.69, 9.17) is 0 Å². The maximum Gasteiger partial charge on any atom is 0.254 e. The molecule has 3 aromatic rings. The van der Waals surface area contributed by atoms with E-state index in [2.05, 4.69) is 30.8 Å². The van der Waals surface area contributed by atoms with Crippen molar-refractivity contribution < 1.29 is 9.18 Å². The quantitative estimate of drug-likeness (QED) is 0.622. The first kappa shape index (κ1) is 17.9. The minimum absolute atomic E-state index is 0.129. The number of benzene rings is 1. The van der Waals surface area contributed by atoms with Crippen LogP contribution in [0.25, 0.3) is 11.0 Å². The van der Waals surface area contributed by atoms with E-state index in [-0.39, 0.29) is 11.7 Å². The lowest BCUT2D eigenvalue weighted by molar-refractivity contribution is 0.0746. The Morgan fingerprint density at radius 2 is 1.89 bits per heavy atom. The van der Waals surface area contributed by atoms with Crippen LogP contribution in [0.1, 0.15) is 15.9 Å². The minimum Gasteiger partial charge on any atom is -0.366 e. The van der Waals surface area contributed by atoms with Crippen molar-refractivity contribution in [2.45, 2.75) is 6.92 Å². The van der Waals surface area contributed by atoms with Gasteiger partial charge in [0.15, 0.2) is 0 Å². The third-order valence-electron chi connectivity index (χ3n) is 4.85. The van der Waals surface area contributed by atoms with Gasteiger partial charge in [-0.3, -0.25) is 14.8 Å². The van der Waals surface area contributed by atoms with Crippen molar-refractivity contribution in [3.8, 4) is 0 Å². The Bertz CT molecular complexity index is 1020. The van der Waals surface area contributed by atoms with Gasteiger partial charge < -0.3 is 9.80 Å². The predicted molar refractivity (Wildman–Crippen MR) is 106 cm³/mol. The fraction of sp³-hybridized carbons (Fsp3) is 0.250. The lowest BCUT2D eigenvalue weighted by Gasteiger charge is -2.36. The summed E-state index contributed by atoms with van der Waals surface area (Å²) in [6, 6.07) is 8.55. The van der Waals surface area contributed by atoms with Gasteiger partial charge in [-0.2, -0.15) is 0 Å². The topological polar surface area (TPSA) is 49.3 Å². The van der Waals surface area contributed by atoms with Gasteiger partial charge in [-0.25, -0.2) is 4.39 Å². The molecule has 5 nitrogen and oxygen atoms in total. The Morgan fingerprint density at radius 3 is 2.63 bits per heavy atom. The molecule has 138 valence electrons. The van der Waals surface area contributed by atoms with Gasteiger partial charge in [-0.1, -0.05) is 6.07 Å². The van der Waals surface area contributed by atoms with Gasteiger partial charge >= 0.3 is 0 Å². The fourth-order valence-corrected chi connectivity index (χ4v) is 3.62. The standard InChI is InChI=1S/C20H18BrFN4O/c1-13-2-3-14(10-16(13)22)20(27)26-8-6-25(7-9-26)18-4-5-23-17-11-15(21)12-24-19(17)18/h2-5,10-12H,6-9H2,1H3. The van der Waals surface area contributed by atoms with Crippen molar-refractivity contribution in [3.05, 3.63) is 64.1 Å². The zero-order valence-electron chi connectivity index (χ0n) is 14.8. The lowest BCUT2D eigenvalue weighted by atomic mass is 10.1. The van der Waals surface area contributed by atoms with Gasteiger partial charge in [0.1, 0.15) is 11.3 Å². The van der Waals surface area contributed by atoms with E-state index in [1.54, 1.807) is 36.4 Å². The van der Waals surface area contributed by atoms with E-state index in [9.17, 15) is 9.18 Å². The average Bonchev–Trinajstić information content (AvgIpc) is 2.69. The highest BCUT2D eigenvalue weighted by Gasteiger charge is 2.24. The molecular weight excluding hydrogens is 411 g/mol. The van der Waals surface area contributed by atoms with Crippen LogP contribution in [0.3, 0.4) is 0 Å². The number of piperazine rings is 1. The number of pyridine rings is 2. The molecule has 0 unspecified atom stereocenters. The molecule has 3 heterocycles. The molecule has 1 amide bonds. The van der Waals surface area contributed by atoms with Crippen LogP contribution < -0.4 is 4.90 Å². The van der Waals surface area contributed by atoms with E-state index in [1.807, 2.05) is 12.1 Å². The largest absolute Gasteiger partial charge is 0.366 e. The molecule has 0 spiro atoms. The number of aryl methyl sites for hydroxylation is 1. The van der Waals surface area contributed by atoms with Crippen LogP contribution in [0.5, 0.6) is 0 Å². The van der Waals surface area contributed by atoms with E-state index in [0.29, 0.717) is 37.3 Å². The number of hydrogen-bond acceptors (Lipinski definition) is 4. The second-order valence-corrected chi connectivity index (χ2v) is 7.51. The predicted octanol–water partition coefficient (Wildman–Crippen LogP) is 3.80. The Balaban J connectivity index is 1.51. The SMILES string of the molecule is Cc1ccc(C(=O)N2CCN(c3ccnc4cc(Br)cnc34)CC2)cc1F. The third-order valence-corrected chi connectivity index (χ3v) is 5.28. The molecular formula is C20H18BrFN4O. The Morgan fingerprint density at radius 1 is 1.11 bits per heavy atom. The number of anilines is 1. The summed E-state index contributed by atoms with van der Waals surface area (Å²) in [5.74, 6) is -0.477. The van der Waals surface area contributed by atoms with E-state index in [1.165, 1.54) is 6.07 Å². The van der Waals surface area contributed by atoms with Crippen LogP contribution in [0.2, 0.25) is 0 Å². The number of halogens is 2. The van der Waals surface area contributed by atoms with Gasteiger partial charge in [0, 0.05) is 48.6 Å². The van der Waals surface area contributed by atoms with Crippen LogP contribution in [-0.4, -0.2) is 47.0 Å². The van der Waals surface area contributed by atoms with Crippen molar-refractivity contribution in [1.29, 1.82) is 0 Å². The number of fused-ring (bicyclic) bond motifs is 1. The summed E-state index contributed by atoms with van der Waals surface area (Å²) >= 11 is 3.42. The molecule has 0 N–H and O–H groups in total. The minimum atomic E-state index is -0.347. The molecule has 0 bridgehead atoms. The number of carbonyl (C=O) groups is 1. The lowest BCUT2D eigenvalue weighted by Crippen LogP contribution is -2.48. The first-order chi connectivity index (χ1) is 13.0. The van der Waals surface area contributed by atoms with Crippen molar-refractivity contribution in [1.82, 2.24) is 14.9 Å².